The van der Waals surface area contributed by atoms with Crippen molar-refractivity contribution in [2.45, 2.75) is 24.5 Å². The van der Waals surface area contributed by atoms with Gasteiger partial charge < -0.3 is 29.7 Å². The predicted molar refractivity (Wildman–Crippen MR) is 77.4 cm³/mol. The van der Waals surface area contributed by atoms with E-state index in [-0.39, 0.29) is 5.69 Å². The van der Waals surface area contributed by atoms with Crippen LogP contribution in [0, 0.1) is 0 Å². The number of hydrogen-bond donors (Lipinski definition) is 4. The number of hydrogen-bond acceptors (Lipinski definition) is 8. The van der Waals surface area contributed by atoms with Gasteiger partial charge in [-0.1, -0.05) is 0 Å². The quantitative estimate of drug-likeness (QED) is 0.460. The van der Waals surface area contributed by atoms with Crippen LogP contribution < -0.4 is 16.1 Å². The largest absolute Gasteiger partial charge is 0.394 e. The number of aromatic amines is 1. The molecule has 4 N–H and O–H groups in total. The number of rotatable bonds is 3. The fourth-order valence-corrected chi connectivity index (χ4v) is 2.80. The molecule has 2 aliphatic rings. The lowest BCUT2D eigenvalue weighted by Gasteiger charge is -2.28. The molecule has 1 aromatic rings. The molecule has 2 fully saturated rings. The maximum absolute atomic E-state index is 12.0. The van der Waals surface area contributed by atoms with Crippen LogP contribution in [0.5, 0.6) is 0 Å². The van der Waals surface area contributed by atoms with Crippen molar-refractivity contribution in [1.29, 1.82) is 0 Å². The molecule has 0 aliphatic carbocycles. The highest BCUT2D eigenvalue weighted by Crippen LogP contribution is 2.28. The Bertz CT molecular complexity index is 666. The lowest BCUT2D eigenvalue weighted by molar-refractivity contribution is -0.0549. The molecule has 3 rings (SSSR count). The lowest BCUT2D eigenvalue weighted by atomic mass is 10.1. The summed E-state index contributed by atoms with van der Waals surface area (Å²) in [7, 11) is 0. The minimum Gasteiger partial charge on any atom is -0.394 e. The van der Waals surface area contributed by atoms with Gasteiger partial charge in [0.05, 0.1) is 19.8 Å². The summed E-state index contributed by atoms with van der Waals surface area (Å²) < 4.78 is 11.6. The molecule has 23 heavy (non-hydrogen) atoms. The molecule has 0 unspecified atom stereocenters. The normalized spacial score (nSPS) is 31.5. The maximum atomic E-state index is 12.0. The van der Waals surface area contributed by atoms with E-state index in [2.05, 4.69) is 4.98 Å². The van der Waals surface area contributed by atoms with E-state index >= 15 is 0 Å². The van der Waals surface area contributed by atoms with Crippen LogP contribution in [0.3, 0.4) is 0 Å². The molecular formula is C13H19N3O7. The molecule has 0 amide bonds. The molecule has 1 aromatic heterocycles. The third kappa shape index (κ3) is 2.91. The van der Waals surface area contributed by atoms with Crippen LogP contribution in [0.15, 0.2) is 15.8 Å². The standard InChI is InChI=1S/C13H19N3O7/c17-6-8-9(18)10(19)12(23-8)16-5-7(11(20)14-13(16)21)15-1-3-22-4-2-15/h5,8-10,12,17-19H,1-4,6H2,(H,14,20,21)/t8-,9+,10+,12-/m0/s1. The van der Waals surface area contributed by atoms with Gasteiger partial charge in [0, 0.05) is 19.3 Å². The van der Waals surface area contributed by atoms with Gasteiger partial charge in [0.25, 0.3) is 5.56 Å². The summed E-state index contributed by atoms with van der Waals surface area (Å²) >= 11 is 0. The summed E-state index contributed by atoms with van der Waals surface area (Å²) in [6.07, 6.45) is -3.61. The second-order valence-corrected chi connectivity index (χ2v) is 5.51. The number of H-pyrrole nitrogens is 1. The summed E-state index contributed by atoms with van der Waals surface area (Å²) in [6.45, 7) is 1.43. The fraction of sp³-hybridized carbons (Fsp3) is 0.692. The fourth-order valence-electron chi connectivity index (χ4n) is 2.80. The number of aromatic nitrogens is 2. The molecule has 0 aromatic carbocycles. The number of anilines is 1. The number of aliphatic hydroxyl groups excluding tert-OH is 3. The number of morpholine rings is 1. The van der Waals surface area contributed by atoms with Gasteiger partial charge in [-0.3, -0.25) is 14.3 Å². The monoisotopic (exact) mass is 329 g/mol. The van der Waals surface area contributed by atoms with Crippen LogP contribution in [-0.2, 0) is 9.47 Å². The van der Waals surface area contributed by atoms with Crippen molar-refractivity contribution in [3.05, 3.63) is 27.0 Å². The van der Waals surface area contributed by atoms with Gasteiger partial charge in [-0.05, 0) is 0 Å². The van der Waals surface area contributed by atoms with Crippen LogP contribution in [0.2, 0.25) is 0 Å². The number of aliphatic hydroxyl groups is 3. The summed E-state index contributed by atoms with van der Waals surface area (Å²) in [5.74, 6) is 0. The van der Waals surface area contributed by atoms with E-state index < -0.39 is 42.4 Å². The van der Waals surface area contributed by atoms with Gasteiger partial charge in [-0.2, -0.15) is 0 Å². The van der Waals surface area contributed by atoms with E-state index in [4.69, 9.17) is 14.6 Å². The Kier molecular flexibility index (Phi) is 4.50. The van der Waals surface area contributed by atoms with Crippen molar-refractivity contribution in [3.63, 3.8) is 0 Å². The lowest BCUT2D eigenvalue weighted by Crippen LogP contribution is -2.43. The summed E-state index contributed by atoms with van der Waals surface area (Å²) in [5, 5.41) is 29.0. The SMILES string of the molecule is O=c1[nH]c(=O)n([C@H]2O[C@@H](CO)[C@@H](O)[C@H]2O)cc1N1CCOCC1. The number of ether oxygens (including phenoxy) is 2. The van der Waals surface area contributed by atoms with Crippen molar-refractivity contribution in [2.24, 2.45) is 0 Å². The first kappa shape index (κ1) is 16.1. The molecular weight excluding hydrogens is 310 g/mol. The van der Waals surface area contributed by atoms with Gasteiger partial charge in [-0.25, -0.2) is 4.79 Å². The van der Waals surface area contributed by atoms with E-state index in [1.165, 1.54) is 6.20 Å². The molecule has 4 atom stereocenters. The van der Waals surface area contributed by atoms with Crippen molar-refractivity contribution < 1.29 is 24.8 Å². The Morgan fingerprint density at radius 3 is 2.52 bits per heavy atom. The smallest absolute Gasteiger partial charge is 0.330 e. The van der Waals surface area contributed by atoms with Crippen molar-refractivity contribution in [1.82, 2.24) is 9.55 Å². The highest BCUT2D eigenvalue weighted by atomic mass is 16.6. The average molecular weight is 329 g/mol. The van der Waals surface area contributed by atoms with E-state index in [0.29, 0.717) is 26.3 Å². The first-order valence-electron chi connectivity index (χ1n) is 7.33. The van der Waals surface area contributed by atoms with Crippen LogP contribution >= 0.6 is 0 Å². The van der Waals surface area contributed by atoms with Crippen molar-refractivity contribution >= 4 is 5.69 Å². The topological polar surface area (TPSA) is 137 Å². The molecule has 2 aliphatic heterocycles. The van der Waals surface area contributed by atoms with Crippen LogP contribution in [-0.4, -0.2) is 76.1 Å². The van der Waals surface area contributed by atoms with E-state index in [1.807, 2.05) is 0 Å². The predicted octanol–water partition coefficient (Wildman–Crippen LogP) is -3.02. The Morgan fingerprint density at radius 1 is 1.22 bits per heavy atom. The molecule has 0 bridgehead atoms. The number of nitrogens with zero attached hydrogens (tertiary/aromatic N) is 2. The molecule has 3 heterocycles. The molecule has 0 saturated carbocycles. The Morgan fingerprint density at radius 2 is 1.91 bits per heavy atom. The minimum atomic E-state index is -1.40. The van der Waals surface area contributed by atoms with Crippen LogP contribution in [0.4, 0.5) is 5.69 Å². The molecule has 10 nitrogen and oxygen atoms in total. The summed E-state index contributed by atoms with van der Waals surface area (Å²) in [6, 6.07) is 0. The van der Waals surface area contributed by atoms with E-state index in [0.717, 1.165) is 4.57 Å². The maximum Gasteiger partial charge on any atom is 0.330 e. The van der Waals surface area contributed by atoms with Gasteiger partial charge in [0.2, 0.25) is 0 Å². The summed E-state index contributed by atoms with van der Waals surface area (Å²) in [5.41, 5.74) is -1.05. The zero-order valence-corrected chi connectivity index (χ0v) is 12.3. The van der Waals surface area contributed by atoms with Crippen LogP contribution in [0.1, 0.15) is 6.23 Å². The van der Waals surface area contributed by atoms with Gasteiger partial charge >= 0.3 is 5.69 Å². The van der Waals surface area contributed by atoms with Crippen molar-refractivity contribution in [3.8, 4) is 0 Å². The summed E-state index contributed by atoms with van der Waals surface area (Å²) in [4.78, 5) is 28.0. The van der Waals surface area contributed by atoms with Crippen molar-refractivity contribution in [2.75, 3.05) is 37.8 Å². The van der Waals surface area contributed by atoms with E-state index in [9.17, 15) is 19.8 Å². The second kappa shape index (κ2) is 6.42. The highest BCUT2D eigenvalue weighted by molar-refractivity contribution is 5.42. The molecule has 0 spiro atoms. The molecule has 10 heteroatoms. The first-order chi connectivity index (χ1) is 11.0. The van der Waals surface area contributed by atoms with Gasteiger partial charge in [0.15, 0.2) is 6.23 Å². The highest BCUT2D eigenvalue weighted by Gasteiger charge is 2.44. The van der Waals surface area contributed by atoms with Crippen LogP contribution in [0.25, 0.3) is 0 Å². The first-order valence-corrected chi connectivity index (χ1v) is 7.33. The number of nitrogens with one attached hydrogen (secondary N) is 1. The molecule has 2 saturated heterocycles. The average Bonchev–Trinajstić information content (AvgIpc) is 2.84. The second-order valence-electron chi connectivity index (χ2n) is 5.51. The Labute approximate surface area is 130 Å². The van der Waals surface area contributed by atoms with Gasteiger partial charge in [0.1, 0.15) is 24.0 Å². The Balaban J connectivity index is 1.96. The third-order valence-corrected chi connectivity index (χ3v) is 4.09. The van der Waals surface area contributed by atoms with E-state index in [1.54, 1.807) is 4.90 Å². The minimum absolute atomic E-state index is 0.255. The molecule has 0 radical (unpaired) electrons. The zero-order chi connectivity index (χ0) is 16.6. The zero-order valence-electron chi connectivity index (χ0n) is 12.3. The third-order valence-electron chi connectivity index (χ3n) is 4.09. The van der Waals surface area contributed by atoms with Gasteiger partial charge in [-0.15, -0.1) is 0 Å². The molecule has 128 valence electrons. The Hall–Kier alpha value is -1.72.